The molecule has 1 aliphatic rings. The lowest BCUT2D eigenvalue weighted by Gasteiger charge is -2.21. The van der Waals surface area contributed by atoms with E-state index in [0.29, 0.717) is 5.96 Å². The van der Waals surface area contributed by atoms with E-state index in [1.165, 1.54) is 6.07 Å². The lowest BCUT2D eigenvalue weighted by atomic mass is 10.2. The molecule has 2 aromatic rings. The zero-order chi connectivity index (χ0) is 20.8. The SMILES string of the molecule is CN=C(NCc1cc(F)ccc1F)NC1CCN(c2cc(OC)cc(OC)c2)C1.I. The third kappa shape index (κ3) is 6.10. The number of benzene rings is 2. The van der Waals surface area contributed by atoms with Crippen molar-refractivity contribution in [2.24, 2.45) is 4.99 Å². The molecule has 0 bridgehead atoms. The van der Waals surface area contributed by atoms with Crippen LogP contribution in [0.2, 0.25) is 0 Å². The minimum Gasteiger partial charge on any atom is -0.497 e. The van der Waals surface area contributed by atoms with Crippen molar-refractivity contribution in [3.63, 3.8) is 0 Å². The minimum absolute atomic E-state index is 0. The van der Waals surface area contributed by atoms with Crippen LogP contribution in [0.5, 0.6) is 11.5 Å². The van der Waals surface area contributed by atoms with Gasteiger partial charge in [0, 0.05) is 62.2 Å². The number of ether oxygens (including phenoxy) is 2. The van der Waals surface area contributed by atoms with Crippen LogP contribution >= 0.6 is 24.0 Å². The first-order chi connectivity index (χ1) is 14.0. The zero-order valence-corrected chi connectivity index (χ0v) is 19.6. The van der Waals surface area contributed by atoms with Gasteiger partial charge in [-0.25, -0.2) is 8.78 Å². The molecule has 0 aliphatic carbocycles. The molecule has 0 radical (unpaired) electrons. The summed E-state index contributed by atoms with van der Waals surface area (Å²) in [5.74, 6) is 1.11. The van der Waals surface area contributed by atoms with Gasteiger partial charge in [0.25, 0.3) is 0 Å². The Morgan fingerprint density at radius 3 is 2.47 bits per heavy atom. The van der Waals surface area contributed by atoms with Gasteiger partial charge in [0.05, 0.1) is 14.2 Å². The number of rotatable bonds is 6. The number of nitrogens with one attached hydrogen (secondary N) is 2. The normalized spacial score (nSPS) is 16.1. The quantitative estimate of drug-likeness (QED) is 0.339. The molecule has 0 saturated carbocycles. The van der Waals surface area contributed by atoms with Crippen molar-refractivity contribution in [1.82, 2.24) is 10.6 Å². The molecule has 0 amide bonds. The molecule has 1 heterocycles. The predicted octanol–water partition coefficient (Wildman–Crippen LogP) is 3.54. The van der Waals surface area contributed by atoms with Crippen LogP contribution in [0.15, 0.2) is 41.4 Å². The first-order valence-electron chi connectivity index (χ1n) is 9.41. The van der Waals surface area contributed by atoms with Crippen molar-refractivity contribution in [1.29, 1.82) is 0 Å². The molecule has 1 unspecified atom stereocenters. The number of anilines is 1. The Morgan fingerprint density at radius 1 is 1.13 bits per heavy atom. The summed E-state index contributed by atoms with van der Waals surface area (Å²) in [6.07, 6.45) is 0.911. The summed E-state index contributed by atoms with van der Waals surface area (Å²) < 4.78 is 37.8. The standard InChI is InChI=1S/C21H26F2N4O2.HI/c1-24-21(25-12-14-8-15(22)4-5-20(14)23)26-16-6-7-27(13-16)17-9-18(28-2)11-19(10-17)29-3;/h4-5,8-11,16H,6-7,12-13H2,1-3H3,(H2,24,25,26);1H. The van der Waals surface area contributed by atoms with Gasteiger partial charge < -0.3 is 25.0 Å². The van der Waals surface area contributed by atoms with Crippen molar-refractivity contribution in [2.45, 2.75) is 19.0 Å². The summed E-state index contributed by atoms with van der Waals surface area (Å²) in [6.45, 7) is 1.78. The highest BCUT2D eigenvalue weighted by Crippen LogP contribution is 2.30. The number of methoxy groups -OCH3 is 2. The molecule has 9 heteroatoms. The van der Waals surface area contributed by atoms with Gasteiger partial charge in [0.15, 0.2) is 5.96 Å². The second kappa shape index (κ2) is 11.2. The van der Waals surface area contributed by atoms with E-state index in [1.807, 2.05) is 18.2 Å². The molecule has 0 aromatic heterocycles. The molecule has 6 nitrogen and oxygen atoms in total. The van der Waals surface area contributed by atoms with Crippen LogP contribution in [0.25, 0.3) is 0 Å². The second-order valence-electron chi connectivity index (χ2n) is 6.81. The Bertz CT molecular complexity index is 860. The Morgan fingerprint density at radius 2 is 1.83 bits per heavy atom. The summed E-state index contributed by atoms with van der Waals surface area (Å²) in [4.78, 5) is 6.43. The average molecular weight is 532 g/mol. The van der Waals surface area contributed by atoms with E-state index < -0.39 is 11.6 Å². The van der Waals surface area contributed by atoms with Crippen molar-refractivity contribution in [3.8, 4) is 11.5 Å². The fourth-order valence-electron chi connectivity index (χ4n) is 3.33. The van der Waals surface area contributed by atoms with Gasteiger partial charge in [0.2, 0.25) is 0 Å². The number of hydrogen-bond donors (Lipinski definition) is 2. The van der Waals surface area contributed by atoms with Crippen LogP contribution < -0.4 is 25.0 Å². The van der Waals surface area contributed by atoms with Gasteiger partial charge in [-0.05, 0) is 24.6 Å². The first kappa shape index (κ1) is 24.0. The third-order valence-corrected chi connectivity index (χ3v) is 4.91. The molecule has 1 saturated heterocycles. The zero-order valence-electron chi connectivity index (χ0n) is 17.2. The number of guanidine groups is 1. The van der Waals surface area contributed by atoms with Crippen LogP contribution in [0.4, 0.5) is 14.5 Å². The maximum Gasteiger partial charge on any atom is 0.191 e. The molecule has 0 spiro atoms. The molecule has 2 aromatic carbocycles. The third-order valence-electron chi connectivity index (χ3n) is 4.91. The van der Waals surface area contributed by atoms with Crippen molar-refractivity contribution in [3.05, 3.63) is 53.6 Å². The van der Waals surface area contributed by atoms with E-state index in [0.717, 1.165) is 48.8 Å². The maximum atomic E-state index is 13.8. The molecular weight excluding hydrogens is 505 g/mol. The number of halogens is 3. The number of hydrogen-bond acceptors (Lipinski definition) is 4. The highest BCUT2D eigenvalue weighted by atomic mass is 127. The molecule has 1 atom stereocenters. The van der Waals surface area contributed by atoms with Crippen LogP contribution in [-0.2, 0) is 6.54 Å². The fourth-order valence-corrected chi connectivity index (χ4v) is 3.33. The molecule has 164 valence electrons. The van der Waals surface area contributed by atoms with Crippen molar-refractivity contribution < 1.29 is 18.3 Å². The van der Waals surface area contributed by atoms with Crippen molar-refractivity contribution in [2.75, 3.05) is 39.3 Å². The summed E-state index contributed by atoms with van der Waals surface area (Å²) in [6, 6.07) is 9.37. The fraction of sp³-hybridized carbons (Fsp3) is 0.381. The Balaban J connectivity index is 0.00000320. The highest BCUT2D eigenvalue weighted by molar-refractivity contribution is 14.0. The topological polar surface area (TPSA) is 58.1 Å². The molecule has 1 fully saturated rings. The summed E-state index contributed by atoms with van der Waals surface area (Å²) in [5.41, 5.74) is 1.28. The first-order valence-corrected chi connectivity index (χ1v) is 9.41. The van der Waals surface area contributed by atoms with E-state index in [-0.39, 0.29) is 42.1 Å². The Labute approximate surface area is 192 Å². The lowest BCUT2D eigenvalue weighted by molar-refractivity contribution is 0.394. The van der Waals surface area contributed by atoms with E-state index >= 15 is 0 Å². The molecule has 30 heavy (non-hydrogen) atoms. The van der Waals surface area contributed by atoms with Gasteiger partial charge in [-0.3, -0.25) is 4.99 Å². The van der Waals surface area contributed by atoms with E-state index in [9.17, 15) is 8.78 Å². The average Bonchev–Trinajstić information content (AvgIpc) is 3.21. The van der Waals surface area contributed by atoms with Gasteiger partial charge in [-0.2, -0.15) is 0 Å². The smallest absolute Gasteiger partial charge is 0.191 e. The largest absolute Gasteiger partial charge is 0.497 e. The molecule has 3 rings (SSSR count). The van der Waals surface area contributed by atoms with E-state index in [1.54, 1.807) is 21.3 Å². The van der Waals surface area contributed by atoms with E-state index in [2.05, 4.69) is 20.5 Å². The van der Waals surface area contributed by atoms with Crippen molar-refractivity contribution >= 4 is 35.6 Å². The number of aliphatic imine (C=N–C) groups is 1. The lowest BCUT2D eigenvalue weighted by Crippen LogP contribution is -2.44. The van der Waals surface area contributed by atoms with Crippen LogP contribution in [0.1, 0.15) is 12.0 Å². The van der Waals surface area contributed by atoms with Crippen LogP contribution in [-0.4, -0.2) is 46.4 Å². The number of nitrogens with zero attached hydrogens (tertiary/aromatic N) is 2. The van der Waals surface area contributed by atoms with Gasteiger partial charge in [-0.15, -0.1) is 24.0 Å². The summed E-state index contributed by atoms with van der Waals surface area (Å²) >= 11 is 0. The van der Waals surface area contributed by atoms with Crippen LogP contribution in [0.3, 0.4) is 0 Å². The Hall–Kier alpha value is -2.30. The maximum absolute atomic E-state index is 13.8. The predicted molar refractivity (Wildman–Crippen MR) is 125 cm³/mol. The van der Waals surface area contributed by atoms with Gasteiger partial charge in [0.1, 0.15) is 23.1 Å². The molecule has 1 aliphatic heterocycles. The van der Waals surface area contributed by atoms with E-state index in [4.69, 9.17) is 9.47 Å². The Kier molecular flexibility index (Phi) is 8.94. The minimum atomic E-state index is -0.466. The second-order valence-corrected chi connectivity index (χ2v) is 6.81. The molecule has 2 N–H and O–H groups in total. The summed E-state index contributed by atoms with van der Waals surface area (Å²) in [7, 11) is 4.91. The molecular formula is C21H27F2IN4O2. The summed E-state index contributed by atoms with van der Waals surface area (Å²) in [5, 5.41) is 6.39. The monoisotopic (exact) mass is 532 g/mol. The highest BCUT2D eigenvalue weighted by Gasteiger charge is 2.24. The van der Waals surface area contributed by atoms with Gasteiger partial charge >= 0.3 is 0 Å². The van der Waals surface area contributed by atoms with Gasteiger partial charge in [-0.1, -0.05) is 0 Å². The van der Waals surface area contributed by atoms with Crippen LogP contribution in [0, 0.1) is 11.6 Å².